The Balaban J connectivity index is 1.68. The van der Waals surface area contributed by atoms with Crippen molar-refractivity contribution in [3.8, 4) is 16.9 Å². The average molecular weight is 331 g/mol. The van der Waals surface area contributed by atoms with Gasteiger partial charge in [0.05, 0.1) is 13.2 Å². The van der Waals surface area contributed by atoms with E-state index in [4.69, 9.17) is 4.74 Å². The summed E-state index contributed by atoms with van der Waals surface area (Å²) in [6.07, 6.45) is 0. The molecule has 25 heavy (non-hydrogen) atoms. The fraction of sp³-hybridized carbons (Fsp3) is 0.136. The van der Waals surface area contributed by atoms with Crippen LogP contribution in [0.4, 0.5) is 0 Å². The molecule has 0 spiro atoms. The highest BCUT2D eigenvalue weighted by molar-refractivity contribution is 5.94. The van der Waals surface area contributed by atoms with Crippen LogP contribution in [0.25, 0.3) is 11.1 Å². The highest BCUT2D eigenvalue weighted by Gasteiger charge is 2.11. The molecule has 0 saturated carbocycles. The van der Waals surface area contributed by atoms with Crippen LogP contribution in [0.1, 0.15) is 28.9 Å². The summed E-state index contributed by atoms with van der Waals surface area (Å²) in [6.45, 7) is 1.99. The van der Waals surface area contributed by atoms with Crippen LogP contribution in [-0.4, -0.2) is 13.0 Å². The normalized spacial score (nSPS) is 11.6. The second-order valence-corrected chi connectivity index (χ2v) is 5.91. The van der Waals surface area contributed by atoms with Crippen molar-refractivity contribution in [2.24, 2.45) is 0 Å². The topological polar surface area (TPSA) is 38.3 Å². The molecule has 1 amide bonds. The molecular weight excluding hydrogens is 310 g/mol. The summed E-state index contributed by atoms with van der Waals surface area (Å²) in [4.78, 5) is 12.4. The Hall–Kier alpha value is -3.07. The first-order chi connectivity index (χ1) is 12.2. The van der Waals surface area contributed by atoms with Crippen LogP contribution in [0.3, 0.4) is 0 Å². The van der Waals surface area contributed by atoms with Crippen LogP contribution in [0.2, 0.25) is 0 Å². The van der Waals surface area contributed by atoms with E-state index in [-0.39, 0.29) is 11.9 Å². The third-order valence-electron chi connectivity index (χ3n) is 4.22. The van der Waals surface area contributed by atoms with Gasteiger partial charge in [0, 0.05) is 5.56 Å². The highest BCUT2D eigenvalue weighted by atomic mass is 16.5. The SMILES string of the molecule is COc1ccc(C(=O)N[C@H](C)c2ccc(-c3ccccc3)cc2)cc1. The first kappa shape index (κ1) is 16.8. The van der Waals surface area contributed by atoms with Crippen molar-refractivity contribution in [1.29, 1.82) is 0 Å². The molecule has 0 aliphatic carbocycles. The van der Waals surface area contributed by atoms with Gasteiger partial charge < -0.3 is 10.1 Å². The van der Waals surface area contributed by atoms with E-state index >= 15 is 0 Å². The molecule has 3 aromatic rings. The molecule has 3 heteroatoms. The van der Waals surface area contributed by atoms with Gasteiger partial charge in [-0.25, -0.2) is 0 Å². The number of methoxy groups -OCH3 is 1. The Morgan fingerprint density at radius 2 is 1.44 bits per heavy atom. The van der Waals surface area contributed by atoms with Gasteiger partial charge in [0.1, 0.15) is 5.75 Å². The zero-order valence-corrected chi connectivity index (χ0v) is 14.4. The monoisotopic (exact) mass is 331 g/mol. The van der Waals surface area contributed by atoms with Crippen molar-refractivity contribution >= 4 is 5.91 Å². The van der Waals surface area contributed by atoms with Crippen molar-refractivity contribution < 1.29 is 9.53 Å². The Labute approximate surface area is 148 Å². The molecule has 0 heterocycles. The molecule has 0 unspecified atom stereocenters. The van der Waals surface area contributed by atoms with E-state index in [1.54, 1.807) is 31.4 Å². The maximum atomic E-state index is 12.4. The lowest BCUT2D eigenvalue weighted by atomic mass is 10.0. The summed E-state index contributed by atoms with van der Waals surface area (Å²) in [7, 11) is 1.61. The van der Waals surface area contributed by atoms with Gasteiger partial charge in [0.25, 0.3) is 5.91 Å². The number of amides is 1. The van der Waals surface area contributed by atoms with Gasteiger partial charge >= 0.3 is 0 Å². The molecule has 0 fully saturated rings. The van der Waals surface area contributed by atoms with Crippen molar-refractivity contribution in [2.45, 2.75) is 13.0 Å². The zero-order chi connectivity index (χ0) is 17.6. The van der Waals surface area contributed by atoms with Gasteiger partial charge in [0.2, 0.25) is 0 Å². The standard InChI is InChI=1S/C22H21NO2/c1-16(23-22(24)20-12-14-21(25-2)15-13-20)17-8-10-19(11-9-17)18-6-4-3-5-7-18/h3-16H,1-2H3,(H,23,24)/t16-/m1/s1. The number of nitrogens with one attached hydrogen (secondary N) is 1. The van der Waals surface area contributed by atoms with E-state index in [2.05, 4.69) is 41.7 Å². The molecule has 126 valence electrons. The quantitative estimate of drug-likeness (QED) is 0.725. The molecule has 0 aromatic heterocycles. The van der Waals surface area contributed by atoms with Crippen LogP contribution >= 0.6 is 0 Å². The van der Waals surface area contributed by atoms with Gasteiger partial charge in [-0.3, -0.25) is 4.79 Å². The Kier molecular flexibility index (Phi) is 5.14. The number of ether oxygens (including phenoxy) is 1. The number of benzene rings is 3. The second kappa shape index (κ2) is 7.67. The maximum absolute atomic E-state index is 12.4. The summed E-state index contributed by atoms with van der Waals surface area (Å²) in [6, 6.07) is 25.6. The molecule has 0 aliphatic heterocycles. The molecule has 1 atom stereocenters. The van der Waals surface area contributed by atoms with E-state index in [0.29, 0.717) is 5.56 Å². The molecule has 3 aromatic carbocycles. The smallest absolute Gasteiger partial charge is 0.251 e. The van der Waals surface area contributed by atoms with Crippen LogP contribution in [0.15, 0.2) is 78.9 Å². The number of hydrogen-bond donors (Lipinski definition) is 1. The zero-order valence-electron chi connectivity index (χ0n) is 14.4. The van der Waals surface area contributed by atoms with Gasteiger partial charge in [-0.05, 0) is 47.9 Å². The first-order valence-corrected chi connectivity index (χ1v) is 8.27. The largest absolute Gasteiger partial charge is 0.497 e. The Bertz CT molecular complexity index is 824. The summed E-state index contributed by atoms with van der Waals surface area (Å²) < 4.78 is 5.12. The molecule has 0 radical (unpaired) electrons. The minimum absolute atomic E-state index is 0.0700. The lowest BCUT2D eigenvalue weighted by Gasteiger charge is -2.15. The average Bonchev–Trinajstić information content (AvgIpc) is 2.68. The summed E-state index contributed by atoms with van der Waals surface area (Å²) >= 11 is 0. The van der Waals surface area contributed by atoms with E-state index in [1.807, 2.05) is 25.1 Å². The predicted molar refractivity (Wildman–Crippen MR) is 101 cm³/mol. The fourth-order valence-electron chi connectivity index (χ4n) is 2.70. The van der Waals surface area contributed by atoms with Crippen molar-refractivity contribution in [3.63, 3.8) is 0 Å². The van der Waals surface area contributed by atoms with E-state index in [0.717, 1.165) is 16.9 Å². The van der Waals surface area contributed by atoms with Gasteiger partial charge in [-0.15, -0.1) is 0 Å². The molecule has 0 bridgehead atoms. The second-order valence-electron chi connectivity index (χ2n) is 5.91. The van der Waals surface area contributed by atoms with E-state index in [1.165, 1.54) is 5.56 Å². The van der Waals surface area contributed by atoms with Crippen LogP contribution in [-0.2, 0) is 0 Å². The van der Waals surface area contributed by atoms with Gasteiger partial charge in [-0.2, -0.15) is 0 Å². The van der Waals surface area contributed by atoms with Crippen molar-refractivity contribution in [2.75, 3.05) is 7.11 Å². The fourth-order valence-corrected chi connectivity index (χ4v) is 2.70. The van der Waals surface area contributed by atoms with E-state index in [9.17, 15) is 4.79 Å². The van der Waals surface area contributed by atoms with E-state index < -0.39 is 0 Å². The minimum atomic E-state index is -0.0951. The third-order valence-corrected chi connectivity index (χ3v) is 4.22. The summed E-state index contributed by atoms with van der Waals surface area (Å²) in [5.41, 5.74) is 4.04. The molecule has 0 aliphatic rings. The number of carbonyl (C=O) groups is 1. The summed E-state index contributed by atoms with van der Waals surface area (Å²) in [5, 5.41) is 3.03. The number of hydrogen-bond acceptors (Lipinski definition) is 2. The molecule has 1 N–H and O–H groups in total. The lowest BCUT2D eigenvalue weighted by molar-refractivity contribution is 0.0940. The number of rotatable bonds is 5. The lowest BCUT2D eigenvalue weighted by Crippen LogP contribution is -2.26. The van der Waals surface area contributed by atoms with Gasteiger partial charge in [-0.1, -0.05) is 54.6 Å². The highest BCUT2D eigenvalue weighted by Crippen LogP contribution is 2.22. The number of carbonyl (C=O) groups excluding carboxylic acids is 1. The minimum Gasteiger partial charge on any atom is -0.497 e. The Morgan fingerprint density at radius 1 is 0.840 bits per heavy atom. The van der Waals surface area contributed by atoms with Crippen molar-refractivity contribution in [1.82, 2.24) is 5.32 Å². The molecular formula is C22H21NO2. The van der Waals surface area contributed by atoms with Crippen LogP contribution in [0, 0.1) is 0 Å². The maximum Gasteiger partial charge on any atom is 0.251 e. The van der Waals surface area contributed by atoms with Crippen LogP contribution < -0.4 is 10.1 Å². The molecule has 3 nitrogen and oxygen atoms in total. The predicted octanol–water partition coefficient (Wildman–Crippen LogP) is 4.85. The van der Waals surface area contributed by atoms with Crippen molar-refractivity contribution in [3.05, 3.63) is 90.0 Å². The van der Waals surface area contributed by atoms with Gasteiger partial charge in [0.15, 0.2) is 0 Å². The van der Waals surface area contributed by atoms with Crippen LogP contribution in [0.5, 0.6) is 5.75 Å². The summed E-state index contributed by atoms with van der Waals surface area (Å²) in [5.74, 6) is 0.642. The Morgan fingerprint density at radius 3 is 2.04 bits per heavy atom. The third kappa shape index (κ3) is 4.07. The molecule has 3 rings (SSSR count). The first-order valence-electron chi connectivity index (χ1n) is 8.27. The molecule has 0 saturated heterocycles.